The van der Waals surface area contributed by atoms with Gasteiger partial charge >= 0.3 is 0 Å². The number of benzene rings is 3. The van der Waals surface area contributed by atoms with Crippen LogP contribution in [0.1, 0.15) is 34.3 Å². The lowest BCUT2D eigenvalue weighted by molar-refractivity contribution is -0.125. The second-order valence-corrected chi connectivity index (χ2v) is 8.79. The highest BCUT2D eigenvalue weighted by atomic mass is 16.5. The van der Waals surface area contributed by atoms with Gasteiger partial charge in [-0.15, -0.1) is 0 Å². The summed E-state index contributed by atoms with van der Waals surface area (Å²) in [7, 11) is 3.21. The van der Waals surface area contributed by atoms with Crippen molar-refractivity contribution >= 4 is 29.9 Å². The van der Waals surface area contributed by atoms with Crippen LogP contribution < -0.4 is 25.2 Å². The first kappa shape index (κ1) is 26.4. The van der Waals surface area contributed by atoms with E-state index < -0.39 is 0 Å². The van der Waals surface area contributed by atoms with E-state index >= 15 is 0 Å². The highest BCUT2D eigenvalue weighted by Gasteiger charge is 2.25. The van der Waals surface area contributed by atoms with Crippen molar-refractivity contribution in [2.75, 3.05) is 32.2 Å². The van der Waals surface area contributed by atoms with Crippen molar-refractivity contribution < 1.29 is 19.1 Å². The molecule has 3 aromatic carbocycles. The number of carbonyl (C=O) groups is 2. The van der Waals surface area contributed by atoms with Gasteiger partial charge in [-0.1, -0.05) is 24.3 Å². The monoisotopic (exact) mass is 513 g/mol. The van der Waals surface area contributed by atoms with E-state index in [9.17, 15) is 9.59 Å². The summed E-state index contributed by atoms with van der Waals surface area (Å²) in [5, 5.41) is 8.13. The molecule has 196 valence electrons. The first-order valence-corrected chi connectivity index (χ1v) is 12.3. The van der Waals surface area contributed by atoms with Crippen LogP contribution in [0.25, 0.3) is 0 Å². The molecule has 0 aliphatic carbocycles. The zero-order valence-corrected chi connectivity index (χ0v) is 21.5. The van der Waals surface area contributed by atoms with E-state index in [2.05, 4.69) is 26.0 Å². The van der Waals surface area contributed by atoms with Crippen molar-refractivity contribution in [1.29, 1.82) is 0 Å². The van der Waals surface area contributed by atoms with Gasteiger partial charge < -0.3 is 14.4 Å². The summed E-state index contributed by atoms with van der Waals surface area (Å²) >= 11 is 0. The van der Waals surface area contributed by atoms with Crippen molar-refractivity contribution in [2.24, 2.45) is 16.1 Å². The van der Waals surface area contributed by atoms with Gasteiger partial charge in [0.2, 0.25) is 5.91 Å². The first-order chi connectivity index (χ1) is 18.6. The zero-order chi connectivity index (χ0) is 26.7. The fourth-order valence-electron chi connectivity index (χ4n) is 4.16. The third-order valence-corrected chi connectivity index (χ3v) is 6.32. The maximum absolute atomic E-state index is 12.6. The number of hydrogen-bond donors (Lipinski definition) is 2. The molecule has 1 heterocycles. The normalized spacial score (nSPS) is 14.0. The van der Waals surface area contributed by atoms with E-state index in [-0.39, 0.29) is 17.7 Å². The summed E-state index contributed by atoms with van der Waals surface area (Å²) in [5.74, 6) is 0.991. The molecule has 9 nitrogen and oxygen atoms in total. The minimum atomic E-state index is -0.291. The molecule has 0 aromatic heterocycles. The Morgan fingerprint density at radius 2 is 1.37 bits per heavy atom. The van der Waals surface area contributed by atoms with E-state index in [1.165, 1.54) is 0 Å². The molecule has 2 amide bonds. The van der Waals surface area contributed by atoms with Crippen molar-refractivity contribution in [3.05, 3.63) is 89.5 Å². The molecule has 0 atom stereocenters. The Labute approximate surface area is 222 Å². The van der Waals surface area contributed by atoms with Gasteiger partial charge in [0.05, 0.1) is 26.6 Å². The number of piperidine rings is 1. The predicted molar refractivity (Wildman–Crippen MR) is 148 cm³/mol. The van der Waals surface area contributed by atoms with Gasteiger partial charge in [0.15, 0.2) is 0 Å². The molecular weight excluding hydrogens is 482 g/mol. The predicted octanol–water partition coefficient (Wildman–Crippen LogP) is 3.83. The minimum Gasteiger partial charge on any atom is -0.497 e. The summed E-state index contributed by atoms with van der Waals surface area (Å²) in [6, 6.07) is 22.2. The van der Waals surface area contributed by atoms with Crippen LogP contribution in [0.4, 0.5) is 5.69 Å². The molecule has 1 saturated heterocycles. The van der Waals surface area contributed by atoms with E-state index in [1.807, 2.05) is 60.7 Å². The quantitative estimate of drug-likeness (QED) is 0.334. The van der Waals surface area contributed by atoms with Crippen LogP contribution in [-0.4, -0.2) is 51.6 Å². The van der Waals surface area contributed by atoms with Crippen molar-refractivity contribution in [1.82, 2.24) is 10.9 Å². The molecule has 3 aromatic rings. The molecule has 4 rings (SSSR count). The standard InChI is InChI=1S/C29H31N5O4/c1-37-26-7-3-5-21(17-26)19-30-32-28(35)23-9-11-25(12-10-23)34-15-13-24(14-16-34)29(36)33-31-20-22-6-4-8-27(18-22)38-2/h3-12,17-20,24H,13-16H2,1-2H3,(H,32,35)(H,33,36)/b30-19+,31-20+. The van der Waals surface area contributed by atoms with Crippen LogP contribution in [0, 0.1) is 5.92 Å². The number of rotatable bonds is 9. The molecule has 0 spiro atoms. The molecule has 1 fully saturated rings. The highest BCUT2D eigenvalue weighted by Crippen LogP contribution is 2.24. The van der Waals surface area contributed by atoms with Crippen LogP contribution in [0.3, 0.4) is 0 Å². The average molecular weight is 514 g/mol. The van der Waals surface area contributed by atoms with Gasteiger partial charge in [-0.05, 0) is 72.5 Å². The number of anilines is 1. The Morgan fingerprint density at radius 1 is 0.816 bits per heavy atom. The van der Waals surface area contributed by atoms with Crippen LogP contribution in [0.5, 0.6) is 11.5 Å². The van der Waals surface area contributed by atoms with E-state index in [4.69, 9.17) is 9.47 Å². The smallest absolute Gasteiger partial charge is 0.271 e. The Hall–Kier alpha value is -4.66. The van der Waals surface area contributed by atoms with Gasteiger partial charge in [0.25, 0.3) is 5.91 Å². The van der Waals surface area contributed by atoms with Gasteiger partial charge in [-0.25, -0.2) is 10.9 Å². The van der Waals surface area contributed by atoms with E-state index in [0.717, 1.165) is 54.2 Å². The summed E-state index contributed by atoms with van der Waals surface area (Å²) < 4.78 is 10.4. The summed E-state index contributed by atoms with van der Waals surface area (Å²) in [5.41, 5.74) is 8.40. The number of methoxy groups -OCH3 is 2. The number of nitrogens with zero attached hydrogens (tertiary/aromatic N) is 3. The second-order valence-electron chi connectivity index (χ2n) is 8.79. The molecular formula is C29H31N5O4. The van der Waals surface area contributed by atoms with Crippen molar-refractivity contribution in [3.63, 3.8) is 0 Å². The van der Waals surface area contributed by atoms with Crippen molar-refractivity contribution in [3.8, 4) is 11.5 Å². The van der Waals surface area contributed by atoms with Crippen LogP contribution in [-0.2, 0) is 4.79 Å². The van der Waals surface area contributed by atoms with Gasteiger partial charge in [-0.3, -0.25) is 9.59 Å². The van der Waals surface area contributed by atoms with Crippen LogP contribution in [0.2, 0.25) is 0 Å². The fourth-order valence-corrected chi connectivity index (χ4v) is 4.16. The third-order valence-electron chi connectivity index (χ3n) is 6.32. The molecule has 1 aliphatic heterocycles. The number of hydrazone groups is 2. The molecule has 1 aliphatic rings. The lowest BCUT2D eigenvalue weighted by atomic mass is 9.95. The van der Waals surface area contributed by atoms with E-state index in [1.54, 1.807) is 38.8 Å². The summed E-state index contributed by atoms with van der Waals surface area (Å²) in [6.45, 7) is 1.49. The Kier molecular flexibility index (Phi) is 9.07. The SMILES string of the molecule is COc1cccc(/C=N/NC(=O)c2ccc(N3CCC(C(=O)N/N=C/c4cccc(OC)c4)CC3)cc2)c1. The van der Waals surface area contributed by atoms with Gasteiger partial charge in [0, 0.05) is 30.3 Å². The highest BCUT2D eigenvalue weighted by molar-refractivity contribution is 5.95. The Balaban J connectivity index is 1.23. The average Bonchev–Trinajstić information content (AvgIpc) is 2.97. The van der Waals surface area contributed by atoms with Crippen LogP contribution >= 0.6 is 0 Å². The number of amides is 2. The molecule has 0 radical (unpaired) electrons. The zero-order valence-electron chi connectivity index (χ0n) is 21.5. The largest absolute Gasteiger partial charge is 0.497 e. The fraction of sp³-hybridized carbons (Fsp3) is 0.241. The van der Waals surface area contributed by atoms with Crippen molar-refractivity contribution in [2.45, 2.75) is 12.8 Å². The lowest BCUT2D eigenvalue weighted by Crippen LogP contribution is -2.39. The Bertz CT molecular complexity index is 1300. The number of nitrogens with one attached hydrogen (secondary N) is 2. The number of ether oxygens (including phenoxy) is 2. The molecule has 0 bridgehead atoms. The topological polar surface area (TPSA) is 105 Å². The lowest BCUT2D eigenvalue weighted by Gasteiger charge is -2.32. The Morgan fingerprint density at radius 3 is 1.92 bits per heavy atom. The number of hydrogen-bond acceptors (Lipinski definition) is 7. The number of carbonyl (C=O) groups excluding carboxylic acids is 2. The van der Waals surface area contributed by atoms with Gasteiger partial charge in [0.1, 0.15) is 11.5 Å². The minimum absolute atomic E-state index is 0.0784. The summed E-state index contributed by atoms with van der Waals surface area (Å²) in [6.07, 6.45) is 4.63. The van der Waals surface area contributed by atoms with E-state index in [0.29, 0.717) is 5.56 Å². The molecule has 38 heavy (non-hydrogen) atoms. The third kappa shape index (κ3) is 7.19. The summed E-state index contributed by atoms with van der Waals surface area (Å²) in [4.78, 5) is 27.2. The first-order valence-electron chi connectivity index (χ1n) is 12.3. The molecule has 9 heteroatoms. The maximum Gasteiger partial charge on any atom is 0.271 e. The molecule has 0 saturated carbocycles. The van der Waals surface area contributed by atoms with Gasteiger partial charge in [-0.2, -0.15) is 10.2 Å². The molecule has 0 unspecified atom stereocenters. The van der Waals surface area contributed by atoms with Crippen LogP contribution in [0.15, 0.2) is 83.0 Å². The maximum atomic E-state index is 12.6. The molecule has 2 N–H and O–H groups in total. The second kappa shape index (κ2) is 13.0.